The highest BCUT2D eigenvalue weighted by molar-refractivity contribution is 7.99. The number of halogens is 3. The summed E-state index contributed by atoms with van der Waals surface area (Å²) in [5, 5.41) is 9.09. The molecule has 0 spiro atoms. The van der Waals surface area contributed by atoms with Gasteiger partial charge < -0.3 is 5.11 Å². The molecule has 1 rings (SSSR count). The lowest BCUT2D eigenvalue weighted by molar-refractivity contribution is -0.139. The smallest absolute Gasteiger partial charge is 0.417 e. The number of carbonyl (C=O) groups is 1. The fourth-order valence-electron chi connectivity index (χ4n) is 1.86. The van der Waals surface area contributed by atoms with E-state index in [4.69, 9.17) is 5.11 Å². The minimum atomic E-state index is -4.46. The van der Waals surface area contributed by atoms with E-state index in [9.17, 15) is 18.0 Å². The van der Waals surface area contributed by atoms with Crippen molar-refractivity contribution in [3.05, 3.63) is 28.8 Å². The van der Waals surface area contributed by atoms with Crippen molar-refractivity contribution >= 4 is 17.7 Å². The molecule has 0 saturated carbocycles. The minimum Gasteiger partial charge on any atom is -0.478 e. The molecule has 106 valence electrons. The molecule has 0 bridgehead atoms. The van der Waals surface area contributed by atoms with Gasteiger partial charge in [0.25, 0.3) is 0 Å². The molecular weight excluding hydrogens is 277 g/mol. The molecule has 0 aliphatic heterocycles. The van der Waals surface area contributed by atoms with Gasteiger partial charge in [0.2, 0.25) is 0 Å². The number of benzene rings is 1. The Bertz CT molecular complexity index is 470. The standard InChI is InChI=1S/C13H15F3O2S/c1-3-5-8-9(12(17)18)6-7-10(13(14,15)16)11(8)19-4-2/h6-7H,3-5H2,1-2H3,(H,17,18). The van der Waals surface area contributed by atoms with Crippen LogP contribution < -0.4 is 0 Å². The molecule has 0 aliphatic rings. The summed E-state index contributed by atoms with van der Waals surface area (Å²) >= 11 is 1.04. The molecule has 2 nitrogen and oxygen atoms in total. The van der Waals surface area contributed by atoms with Crippen LogP contribution in [0.15, 0.2) is 17.0 Å². The first-order valence-corrected chi connectivity index (χ1v) is 6.90. The number of alkyl halides is 3. The maximum atomic E-state index is 13.0. The average molecular weight is 292 g/mol. The molecule has 19 heavy (non-hydrogen) atoms. The number of hydrogen-bond acceptors (Lipinski definition) is 2. The van der Waals surface area contributed by atoms with Crippen molar-refractivity contribution < 1.29 is 23.1 Å². The Balaban J connectivity index is 3.53. The van der Waals surface area contributed by atoms with Gasteiger partial charge in [-0.1, -0.05) is 20.3 Å². The summed E-state index contributed by atoms with van der Waals surface area (Å²) in [5.41, 5.74) is -0.490. The fourth-order valence-corrected chi connectivity index (χ4v) is 2.87. The van der Waals surface area contributed by atoms with Gasteiger partial charge in [0.15, 0.2) is 0 Å². The average Bonchev–Trinajstić information content (AvgIpc) is 2.29. The summed E-state index contributed by atoms with van der Waals surface area (Å²) in [6.45, 7) is 3.56. The summed E-state index contributed by atoms with van der Waals surface area (Å²) in [4.78, 5) is 11.2. The van der Waals surface area contributed by atoms with Gasteiger partial charge in [-0.2, -0.15) is 13.2 Å². The zero-order chi connectivity index (χ0) is 14.6. The van der Waals surface area contributed by atoms with Crippen LogP contribution in [0.2, 0.25) is 0 Å². The number of rotatable bonds is 5. The second-order valence-corrected chi connectivity index (χ2v) is 5.23. The van der Waals surface area contributed by atoms with Gasteiger partial charge in [0.05, 0.1) is 11.1 Å². The monoisotopic (exact) mass is 292 g/mol. The fraction of sp³-hybridized carbons (Fsp3) is 0.462. The Hall–Kier alpha value is -1.17. The summed E-state index contributed by atoms with van der Waals surface area (Å²) in [6.07, 6.45) is -3.54. The van der Waals surface area contributed by atoms with Gasteiger partial charge in [0, 0.05) is 4.90 Å². The van der Waals surface area contributed by atoms with Gasteiger partial charge in [0.1, 0.15) is 0 Å². The summed E-state index contributed by atoms with van der Waals surface area (Å²) < 4.78 is 38.9. The molecule has 0 atom stereocenters. The van der Waals surface area contributed by atoms with Crippen LogP contribution in [0.4, 0.5) is 13.2 Å². The van der Waals surface area contributed by atoms with E-state index >= 15 is 0 Å². The Morgan fingerprint density at radius 2 is 1.95 bits per heavy atom. The molecule has 0 aromatic heterocycles. The van der Waals surface area contributed by atoms with Crippen LogP contribution in [0.1, 0.15) is 41.8 Å². The third-order valence-corrected chi connectivity index (χ3v) is 3.63. The number of hydrogen-bond donors (Lipinski definition) is 1. The van der Waals surface area contributed by atoms with Crippen LogP contribution in [-0.2, 0) is 12.6 Å². The third kappa shape index (κ3) is 3.65. The van der Waals surface area contributed by atoms with Gasteiger partial charge >= 0.3 is 12.1 Å². The molecule has 0 fully saturated rings. The van der Waals surface area contributed by atoms with E-state index in [2.05, 4.69) is 0 Å². The predicted molar refractivity (Wildman–Crippen MR) is 68.8 cm³/mol. The van der Waals surface area contributed by atoms with Crippen molar-refractivity contribution in [2.75, 3.05) is 5.75 Å². The lowest BCUT2D eigenvalue weighted by Gasteiger charge is -2.17. The largest absolute Gasteiger partial charge is 0.478 e. The van der Waals surface area contributed by atoms with E-state index in [1.807, 2.05) is 6.92 Å². The van der Waals surface area contributed by atoms with E-state index in [0.29, 0.717) is 18.6 Å². The molecule has 0 unspecified atom stereocenters. The van der Waals surface area contributed by atoms with Gasteiger partial charge in [-0.15, -0.1) is 11.8 Å². The van der Waals surface area contributed by atoms with E-state index in [1.165, 1.54) is 0 Å². The Kier molecular flexibility index (Phi) is 5.29. The summed E-state index contributed by atoms with van der Waals surface area (Å²) in [6, 6.07) is 1.91. The summed E-state index contributed by atoms with van der Waals surface area (Å²) in [5.74, 6) is -0.724. The van der Waals surface area contributed by atoms with E-state index < -0.39 is 17.7 Å². The first-order valence-electron chi connectivity index (χ1n) is 5.92. The van der Waals surface area contributed by atoms with Crippen molar-refractivity contribution in [3.8, 4) is 0 Å². The lowest BCUT2D eigenvalue weighted by atomic mass is 9.99. The second-order valence-electron chi connectivity index (χ2n) is 3.95. The van der Waals surface area contributed by atoms with Gasteiger partial charge in [-0.25, -0.2) is 4.79 Å². The molecule has 1 aromatic carbocycles. The Morgan fingerprint density at radius 3 is 2.37 bits per heavy atom. The topological polar surface area (TPSA) is 37.3 Å². The van der Waals surface area contributed by atoms with E-state index in [1.54, 1.807) is 6.92 Å². The first-order chi connectivity index (χ1) is 8.82. The molecule has 0 heterocycles. The van der Waals surface area contributed by atoms with E-state index in [-0.39, 0.29) is 16.0 Å². The van der Waals surface area contributed by atoms with Crippen LogP contribution in [0.25, 0.3) is 0 Å². The highest BCUT2D eigenvalue weighted by Gasteiger charge is 2.35. The van der Waals surface area contributed by atoms with Crippen molar-refractivity contribution in [1.82, 2.24) is 0 Å². The zero-order valence-corrected chi connectivity index (χ0v) is 11.5. The molecule has 0 saturated heterocycles. The Labute approximate surface area is 114 Å². The highest BCUT2D eigenvalue weighted by Crippen LogP contribution is 2.40. The Morgan fingerprint density at radius 1 is 1.32 bits per heavy atom. The first kappa shape index (κ1) is 15.9. The maximum absolute atomic E-state index is 13.0. The molecule has 1 N–H and O–H groups in total. The van der Waals surface area contributed by atoms with Crippen molar-refractivity contribution in [1.29, 1.82) is 0 Å². The summed E-state index contributed by atoms with van der Waals surface area (Å²) in [7, 11) is 0. The number of aromatic carboxylic acids is 1. The molecule has 1 aromatic rings. The molecule has 0 amide bonds. The van der Waals surface area contributed by atoms with Crippen molar-refractivity contribution in [2.24, 2.45) is 0 Å². The number of carboxylic acids is 1. The SMILES string of the molecule is CCCc1c(C(=O)O)ccc(C(F)(F)F)c1SCC. The number of thioether (sulfide) groups is 1. The van der Waals surface area contributed by atoms with E-state index in [0.717, 1.165) is 23.9 Å². The maximum Gasteiger partial charge on any atom is 0.417 e. The van der Waals surface area contributed by atoms with Crippen molar-refractivity contribution in [3.63, 3.8) is 0 Å². The molecule has 0 radical (unpaired) electrons. The third-order valence-electron chi connectivity index (χ3n) is 2.58. The molecular formula is C13H15F3O2S. The zero-order valence-electron chi connectivity index (χ0n) is 10.7. The second kappa shape index (κ2) is 6.32. The van der Waals surface area contributed by atoms with Gasteiger partial charge in [-0.3, -0.25) is 0 Å². The van der Waals surface area contributed by atoms with Crippen LogP contribution in [0, 0.1) is 0 Å². The normalized spacial score (nSPS) is 11.6. The highest BCUT2D eigenvalue weighted by atomic mass is 32.2. The number of carboxylic acid groups (broad SMARTS) is 1. The molecule has 6 heteroatoms. The van der Waals surface area contributed by atoms with Crippen LogP contribution in [0.5, 0.6) is 0 Å². The minimum absolute atomic E-state index is 0.0363. The molecule has 0 aliphatic carbocycles. The van der Waals surface area contributed by atoms with Crippen LogP contribution in [-0.4, -0.2) is 16.8 Å². The lowest BCUT2D eigenvalue weighted by Crippen LogP contribution is -2.12. The van der Waals surface area contributed by atoms with Crippen LogP contribution >= 0.6 is 11.8 Å². The van der Waals surface area contributed by atoms with Crippen molar-refractivity contribution in [2.45, 2.75) is 37.8 Å². The van der Waals surface area contributed by atoms with Gasteiger partial charge in [-0.05, 0) is 29.9 Å². The predicted octanol–water partition coefficient (Wildman–Crippen LogP) is 4.47. The quantitative estimate of drug-likeness (QED) is 0.814. The van der Waals surface area contributed by atoms with Crippen LogP contribution in [0.3, 0.4) is 0 Å².